The molecule has 0 rings (SSSR count). The Bertz CT molecular complexity index is 907. The average Bonchev–Trinajstić information content (AvgIpc) is 3.09. The van der Waals surface area contributed by atoms with Crippen molar-refractivity contribution in [1.82, 2.24) is 5.32 Å². The molecule has 0 aromatic rings. The molecule has 3 atom stereocenters. The molecule has 0 heterocycles. The van der Waals surface area contributed by atoms with Gasteiger partial charge in [-0.15, -0.1) is 0 Å². The zero-order valence-corrected chi connectivity index (χ0v) is 35.7. The minimum atomic E-state index is -4.58. The van der Waals surface area contributed by atoms with Crippen LogP contribution in [-0.2, 0) is 18.4 Å². The Morgan fingerprint density at radius 2 is 1.06 bits per heavy atom. The van der Waals surface area contributed by atoms with Crippen LogP contribution >= 0.6 is 7.82 Å². The molecule has 0 aromatic heterocycles. The van der Waals surface area contributed by atoms with Crippen molar-refractivity contribution in [2.75, 3.05) is 40.9 Å². The fourth-order valence-corrected chi connectivity index (χ4v) is 6.87. The van der Waals surface area contributed by atoms with Crippen LogP contribution in [0, 0.1) is 0 Å². The normalized spacial score (nSPS) is 14.7. The fourth-order valence-electron chi connectivity index (χ4n) is 6.15. The molecular weight excluding hydrogens is 671 g/mol. The zero-order valence-electron chi connectivity index (χ0n) is 34.8. The van der Waals surface area contributed by atoms with Crippen molar-refractivity contribution in [1.29, 1.82) is 0 Å². The van der Waals surface area contributed by atoms with E-state index in [9.17, 15) is 19.4 Å². The molecule has 0 saturated heterocycles. The summed E-state index contributed by atoms with van der Waals surface area (Å²) in [7, 11) is 1.26. The molecule has 9 heteroatoms. The van der Waals surface area contributed by atoms with Gasteiger partial charge in [0.05, 0.1) is 39.9 Å². The Morgan fingerprint density at radius 3 is 1.50 bits per heavy atom. The summed E-state index contributed by atoms with van der Waals surface area (Å²) in [6.07, 6.45) is 40.7. The molecule has 52 heavy (non-hydrogen) atoms. The summed E-state index contributed by atoms with van der Waals surface area (Å²) >= 11 is 0. The van der Waals surface area contributed by atoms with E-state index in [4.69, 9.17) is 9.05 Å². The third-order valence-electron chi connectivity index (χ3n) is 9.66. The predicted molar refractivity (Wildman–Crippen MR) is 219 cm³/mol. The van der Waals surface area contributed by atoms with Gasteiger partial charge in [0.15, 0.2) is 0 Å². The summed E-state index contributed by atoms with van der Waals surface area (Å²) < 4.78 is 23.1. The first-order valence-corrected chi connectivity index (χ1v) is 23.2. The van der Waals surface area contributed by atoms with Gasteiger partial charge in [-0.3, -0.25) is 9.36 Å². The number of hydrogen-bond donors (Lipinski definition) is 2. The molecule has 0 aliphatic rings. The molecule has 0 spiro atoms. The largest absolute Gasteiger partial charge is 0.756 e. The average molecular weight is 757 g/mol. The quantitative estimate of drug-likeness (QED) is 0.0280. The van der Waals surface area contributed by atoms with Crippen molar-refractivity contribution in [3.8, 4) is 0 Å². The summed E-state index contributed by atoms with van der Waals surface area (Å²) in [4.78, 5) is 25.2. The highest BCUT2D eigenvalue weighted by atomic mass is 31.2. The second-order valence-electron chi connectivity index (χ2n) is 16.0. The van der Waals surface area contributed by atoms with Gasteiger partial charge in [-0.05, 0) is 44.9 Å². The van der Waals surface area contributed by atoms with E-state index < -0.39 is 20.0 Å². The van der Waals surface area contributed by atoms with Crippen LogP contribution in [0.1, 0.15) is 194 Å². The van der Waals surface area contributed by atoms with Gasteiger partial charge in [0.25, 0.3) is 7.82 Å². The first kappa shape index (κ1) is 51.0. The van der Waals surface area contributed by atoms with Gasteiger partial charge >= 0.3 is 0 Å². The number of allylic oxidation sites excluding steroid dienone is 3. The molecule has 2 N–H and O–H groups in total. The SMILES string of the molecule is CCCCCCCCC/C=C\CCCCCCCCCC(=O)NC(COP(=O)([O-])OCC[N+](C)(C)C)C(O)/C=C/CCCCCCCCCCCC. The Kier molecular flexibility index (Phi) is 35.0. The van der Waals surface area contributed by atoms with Gasteiger partial charge in [0.2, 0.25) is 5.91 Å². The van der Waals surface area contributed by atoms with E-state index in [2.05, 4.69) is 31.3 Å². The minimum Gasteiger partial charge on any atom is -0.756 e. The summed E-state index contributed by atoms with van der Waals surface area (Å²) in [5.41, 5.74) is 0. The molecule has 308 valence electrons. The Hall–Kier alpha value is -1.02. The Balaban J connectivity index is 4.40. The van der Waals surface area contributed by atoms with Crippen LogP contribution in [-0.4, -0.2) is 68.5 Å². The van der Waals surface area contributed by atoms with E-state index in [-0.39, 0.29) is 19.1 Å². The van der Waals surface area contributed by atoms with Crippen molar-refractivity contribution >= 4 is 13.7 Å². The highest BCUT2D eigenvalue weighted by molar-refractivity contribution is 7.45. The maximum atomic E-state index is 12.8. The van der Waals surface area contributed by atoms with E-state index in [0.717, 1.165) is 38.5 Å². The van der Waals surface area contributed by atoms with E-state index in [0.29, 0.717) is 17.4 Å². The summed E-state index contributed by atoms with van der Waals surface area (Å²) in [5, 5.41) is 13.7. The lowest BCUT2D eigenvalue weighted by Crippen LogP contribution is -2.45. The van der Waals surface area contributed by atoms with Crippen molar-refractivity contribution in [3.05, 3.63) is 24.3 Å². The number of aliphatic hydroxyl groups is 1. The van der Waals surface area contributed by atoms with Gasteiger partial charge in [0.1, 0.15) is 13.2 Å². The van der Waals surface area contributed by atoms with E-state index >= 15 is 0 Å². The number of unbranched alkanes of at least 4 members (excludes halogenated alkanes) is 24. The van der Waals surface area contributed by atoms with E-state index in [1.165, 1.54) is 135 Å². The maximum Gasteiger partial charge on any atom is 0.268 e. The maximum absolute atomic E-state index is 12.8. The van der Waals surface area contributed by atoms with E-state index in [1.54, 1.807) is 6.08 Å². The van der Waals surface area contributed by atoms with Crippen molar-refractivity contribution in [2.24, 2.45) is 0 Å². The lowest BCUT2D eigenvalue weighted by Gasteiger charge is -2.29. The molecule has 0 saturated carbocycles. The second-order valence-corrected chi connectivity index (χ2v) is 17.5. The third-order valence-corrected chi connectivity index (χ3v) is 10.6. The molecular formula is C43H85N2O6P. The van der Waals surface area contributed by atoms with Crippen molar-refractivity contribution in [3.63, 3.8) is 0 Å². The molecule has 1 amide bonds. The third kappa shape index (κ3) is 37.3. The number of carbonyl (C=O) groups excluding carboxylic acids is 1. The number of nitrogens with one attached hydrogen (secondary N) is 1. The highest BCUT2D eigenvalue weighted by Gasteiger charge is 2.23. The first-order chi connectivity index (χ1) is 25.0. The van der Waals surface area contributed by atoms with Crippen LogP contribution in [0.4, 0.5) is 0 Å². The van der Waals surface area contributed by atoms with Crippen LogP contribution in [0.25, 0.3) is 0 Å². The van der Waals surface area contributed by atoms with E-state index in [1.807, 2.05) is 27.2 Å². The number of hydrogen-bond acceptors (Lipinski definition) is 6. The highest BCUT2D eigenvalue weighted by Crippen LogP contribution is 2.38. The molecule has 0 bridgehead atoms. The van der Waals surface area contributed by atoms with Gasteiger partial charge in [-0.25, -0.2) is 0 Å². The number of phosphoric acid groups is 1. The number of rotatable bonds is 39. The number of aliphatic hydroxyl groups excluding tert-OH is 1. The number of phosphoric ester groups is 1. The summed E-state index contributed by atoms with van der Waals surface area (Å²) in [6, 6.07) is -0.884. The smallest absolute Gasteiger partial charge is 0.268 e. The predicted octanol–water partition coefficient (Wildman–Crippen LogP) is 11.1. The first-order valence-electron chi connectivity index (χ1n) is 21.7. The fraction of sp³-hybridized carbons (Fsp3) is 0.884. The van der Waals surface area contributed by atoms with Gasteiger partial charge in [-0.2, -0.15) is 0 Å². The number of likely N-dealkylation sites (N-methyl/N-ethyl adjacent to an activating group) is 1. The lowest BCUT2D eigenvalue weighted by atomic mass is 10.0. The molecule has 0 aliphatic heterocycles. The second kappa shape index (κ2) is 35.7. The Morgan fingerprint density at radius 1 is 0.654 bits per heavy atom. The van der Waals surface area contributed by atoms with Gasteiger partial charge in [0, 0.05) is 6.42 Å². The number of carbonyl (C=O) groups is 1. The summed E-state index contributed by atoms with van der Waals surface area (Å²) in [5.74, 6) is -0.203. The van der Waals surface area contributed by atoms with Crippen molar-refractivity contribution in [2.45, 2.75) is 206 Å². The molecule has 3 unspecified atom stereocenters. The standard InChI is InChI=1S/C43H85N2O6P/c1-6-8-10-12-14-16-18-20-21-22-23-24-25-27-29-31-33-35-37-43(47)44-41(40-51-52(48,49)50-39-38-45(3,4)5)42(46)36-34-32-30-28-26-19-17-15-13-11-9-7-2/h21-22,34,36,41-42,46H,6-20,23-33,35,37-40H2,1-5H3,(H-,44,47,48,49)/b22-21-,36-34+. The lowest BCUT2D eigenvalue weighted by molar-refractivity contribution is -0.870. The van der Waals surface area contributed by atoms with Crippen molar-refractivity contribution < 1.29 is 32.9 Å². The Labute approximate surface area is 322 Å². The van der Waals surface area contributed by atoms with Crippen LogP contribution in [0.15, 0.2) is 24.3 Å². The molecule has 0 fully saturated rings. The van der Waals surface area contributed by atoms with Crippen LogP contribution in [0.2, 0.25) is 0 Å². The monoisotopic (exact) mass is 757 g/mol. The molecule has 0 aliphatic carbocycles. The zero-order chi connectivity index (χ0) is 38.6. The number of amides is 1. The van der Waals surface area contributed by atoms with Crippen LogP contribution < -0.4 is 10.2 Å². The molecule has 8 nitrogen and oxygen atoms in total. The molecule has 0 aromatic carbocycles. The van der Waals surface area contributed by atoms with Gasteiger partial charge in [-0.1, -0.05) is 167 Å². The van der Waals surface area contributed by atoms with Gasteiger partial charge < -0.3 is 28.8 Å². The van der Waals surface area contributed by atoms with Crippen LogP contribution in [0.3, 0.4) is 0 Å². The minimum absolute atomic E-state index is 0.000970. The number of nitrogens with zero attached hydrogens (tertiary/aromatic N) is 1. The molecule has 0 radical (unpaired) electrons. The number of quaternary nitrogens is 1. The summed E-state index contributed by atoms with van der Waals surface area (Å²) in [6.45, 7) is 4.63. The van der Waals surface area contributed by atoms with Crippen LogP contribution in [0.5, 0.6) is 0 Å². The topological polar surface area (TPSA) is 108 Å².